The molecule has 6 heteroatoms. The van der Waals surface area contributed by atoms with Crippen LogP contribution in [0.4, 0.5) is 0 Å². The van der Waals surface area contributed by atoms with Gasteiger partial charge in [0.1, 0.15) is 0 Å². The van der Waals surface area contributed by atoms with Crippen LogP contribution in [0.2, 0.25) is 0 Å². The molecule has 4 nitrogen and oxygen atoms in total. The molecule has 2 rings (SSSR count). The van der Waals surface area contributed by atoms with Gasteiger partial charge < -0.3 is 4.90 Å². The molecule has 1 aromatic carbocycles. The van der Waals surface area contributed by atoms with Crippen molar-refractivity contribution in [3.8, 4) is 0 Å². The zero-order valence-electron chi connectivity index (χ0n) is 11.8. The topological polar surface area (TPSA) is 58.4 Å². The fraction of sp³-hybridized carbons (Fsp3) is 0.267. The first kappa shape index (κ1) is 16.2. The van der Waals surface area contributed by atoms with Gasteiger partial charge >= 0.3 is 0 Å². The minimum absolute atomic E-state index is 0.284. The summed E-state index contributed by atoms with van der Waals surface area (Å²) in [5.74, 6) is 4.85. The molecule has 2 aromatic rings. The van der Waals surface area contributed by atoms with Crippen LogP contribution < -0.4 is 11.3 Å². The molecule has 1 aromatic heterocycles. The van der Waals surface area contributed by atoms with Crippen LogP contribution in [0, 0.1) is 0 Å². The summed E-state index contributed by atoms with van der Waals surface area (Å²) in [6.45, 7) is 1.83. The summed E-state index contributed by atoms with van der Waals surface area (Å²) in [5.41, 5.74) is 3.84. The predicted octanol–water partition coefficient (Wildman–Crippen LogP) is 2.79. The molecule has 0 spiro atoms. The van der Waals surface area contributed by atoms with E-state index in [2.05, 4.69) is 50.8 Å². The van der Waals surface area contributed by atoms with Gasteiger partial charge in [0.05, 0.1) is 0 Å². The van der Waals surface area contributed by atoms with E-state index in [0.29, 0.717) is 5.56 Å². The molecule has 1 heterocycles. The SMILES string of the molecule is CN(CCc1cccs1)Cc1ccc(C(=O)NN)cc1Br. The second kappa shape index (κ2) is 7.70. The van der Waals surface area contributed by atoms with Crippen molar-refractivity contribution in [3.63, 3.8) is 0 Å². The molecular weight excluding hydrogens is 350 g/mol. The zero-order chi connectivity index (χ0) is 15.2. The third-order valence-corrected chi connectivity index (χ3v) is 4.88. The molecule has 0 radical (unpaired) electrons. The minimum Gasteiger partial charge on any atom is -0.302 e. The van der Waals surface area contributed by atoms with Gasteiger partial charge in [0.25, 0.3) is 5.91 Å². The molecule has 0 unspecified atom stereocenters. The number of hydrogen-bond acceptors (Lipinski definition) is 4. The number of carbonyl (C=O) groups excluding carboxylic acids is 1. The van der Waals surface area contributed by atoms with Crippen molar-refractivity contribution < 1.29 is 4.79 Å². The molecular formula is C15H18BrN3OS. The fourth-order valence-electron chi connectivity index (χ4n) is 2.03. The fourth-order valence-corrected chi connectivity index (χ4v) is 3.23. The van der Waals surface area contributed by atoms with E-state index in [1.54, 1.807) is 23.5 Å². The number of hydrazine groups is 1. The summed E-state index contributed by atoms with van der Waals surface area (Å²) in [4.78, 5) is 15.1. The zero-order valence-corrected chi connectivity index (χ0v) is 14.2. The van der Waals surface area contributed by atoms with Gasteiger partial charge in [0, 0.05) is 28.0 Å². The normalized spacial score (nSPS) is 10.9. The Labute approximate surface area is 137 Å². The van der Waals surface area contributed by atoms with Gasteiger partial charge in [-0.15, -0.1) is 11.3 Å². The van der Waals surface area contributed by atoms with E-state index < -0.39 is 0 Å². The van der Waals surface area contributed by atoms with E-state index in [1.165, 1.54) is 4.88 Å². The van der Waals surface area contributed by atoms with E-state index >= 15 is 0 Å². The molecule has 0 aliphatic rings. The van der Waals surface area contributed by atoms with Crippen molar-refractivity contribution in [2.24, 2.45) is 5.84 Å². The Balaban J connectivity index is 1.94. The maximum Gasteiger partial charge on any atom is 0.265 e. The molecule has 0 aliphatic heterocycles. The Kier molecular flexibility index (Phi) is 5.93. The first-order valence-electron chi connectivity index (χ1n) is 6.60. The average Bonchev–Trinajstić information content (AvgIpc) is 2.99. The number of hydrogen-bond donors (Lipinski definition) is 2. The summed E-state index contributed by atoms with van der Waals surface area (Å²) >= 11 is 5.31. The maximum atomic E-state index is 11.5. The van der Waals surface area contributed by atoms with Crippen molar-refractivity contribution in [3.05, 3.63) is 56.2 Å². The van der Waals surface area contributed by atoms with Gasteiger partial charge in [-0.25, -0.2) is 5.84 Å². The van der Waals surface area contributed by atoms with Crippen molar-refractivity contribution in [2.45, 2.75) is 13.0 Å². The number of nitrogens with two attached hydrogens (primary N) is 1. The Bertz CT molecular complexity index is 601. The number of rotatable bonds is 6. The average molecular weight is 368 g/mol. The molecule has 0 atom stereocenters. The summed E-state index contributed by atoms with van der Waals surface area (Å²) in [6.07, 6.45) is 1.06. The molecule has 3 N–H and O–H groups in total. The van der Waals surface area contributed by atoms with E-state index in [1.807, 2.05) is 6.07 Å². The highest BCUT2D eigenvalue weighted by Gasteiger charge is 2.09. The number of nitrogen functional groups attached to an aromatic ring is 1. The van der Waals surface area contributed by atoms with Crippen LogP contribution in [-0.2, 0) is 13.0 Å². The summed E-state index contributed by atoms with van der Waals surface area (Å²) in [7, 11) is 2.10. The van der Waals surface area contributed by atoms with Crippen LogP contribution in [0.15, 0.2) is 40.2 Å². The number of nitrogens with one attached hydrogen (secondary N) is 1. The number of nitrogens with zero attached hydrogens (tertiary/aromatic N) is 1. The smallest absolute Gasteiger partial charge is 0.265 e. The first-order chi connectivity index (χ1) is 10.1. The van der Waals surface area contributed by atoms with Crippen molar-refractivity contribution in [1.82, 2.24) is 10.3 Å². The molecule has 0 aliphatic carbocycles. The van der Waals surface area contributed by atoms with Gasteiger partial charge in [-0.2, -0.15) is 0 Å². The predicted molar refractivity (Wildman–Crippen MR) is 90.2 cm³/mol. The summed E-state index contributed by atoms with van der Waals surface area (Å²) in [5, 5.41) is 2.10. The van der Waals surface area contributed by atoms with Crippen molar-refractivity contribution in [1.29, 1.82) is 0 Å². The largest absolute Gasteiger partial charge is 0.302 e. The number of carbonyl (C=O) groups is 1. The van der Waals surface area contributed by atoms with Crippen LogP contribution in [0.3, 0.4) is 0 Å². The van der Waals surface area contributed by atoms with Gasteiger partial charge in [-0.05, 0) is 42.6 Å². The second-order valence-corrected chi connectivity index (χ2v) is 6.73. The third kappa shape index (κ3) is 4.64. The lowest BCUT2D eigenvalue weighted by atomic mass is 10.1. The Morgan fingerprint density at radius 1 is 1.43 bits per heavy atom. The van der Waals surface area contributed by atoms with Gasteiger partial charge in [-0.3, -0.25) is 10.2 Å². The lowest BCUT2D eigenvalue weighted by Gasteiger charge is -2.17. The van der Waals surface area contributed by atoms with Crippen LogP contribution >= 0.6 is 27.3 Å². The standard InChI is InChI=1S/C15H18BrN3OS/c1-19(7-6-13-3-2-8-21-13)10-12-5-4-11(9-14(12)16)15(20)18-17/h2-5,8-9H,6-7,10,17H2,1H3,(H,18,20). The molecule has 112 valence electrons. The van der Waals surface area contributed by atoms with Crippen molar-refractivity contribution in [2.75, 3.05) is 13.6 Å². The third-order valence-electron chi connectivity index (χ3n) is 3.21. The monoisotopic (exact) mass is 367 g/mol. The number of amides is 1. The molecule has 0 fully saturated rings. The van der Waals surface area contributed by atoms with E-state index in [4.69, 9.17) is 5.84 Å². The Morgan fingerprint density at radius 2 is 2.24 bits per heavy atom. The van der Waals surface area contributed by atoms with Gasteiger partial charge in [0.15, 0.2) is 0 Å². The lowest BCUT2D eigenvalue weighted by molar-refractivity contribution is 0.0953. The van der Waals surface area contributed by atoms with Crippen molar-refractivity contribution >= 4 is 33.2 Å². The minimum atomic E-state index is -0.284. The highest BCUT2D eigenvalue weighted by atomic mass is 79.9. The number of likely N-dealkylation sites (N-methyl/N-ethyl adjacent to an activating group) is 1. The second-order valence-electron chi connectivity index (χ2n) is 4.85. The molecule has 21 heavy (non-hydrogen) atoms. The van der Waals surface area contributed by atoms with E-state index in [-0.39, 0.29) is 5.91 Å². The van der Waals surface area contributed by atoms with E-state index in [0.717, 1.165) is 29.5 Å². The number of thiophene rings is 1. The maximum absolute atomic E-state index is 11.5. The van der Waals surface area contributed by atoms with Gasteiger partial charge in [0.2, 0.25) is 0 Å². The summed E-state index contributed by atoms with van der Waals surface area (Å²) < 4.78 is 0.923. The summed E-state index contributed by atoms with van der Waals surface area (Å²) in [6, 6.07) is 9.78. The highest BCUT2D eigenvalue weighted by Crippen LogP contribution is 2.20. The van der Waals surface area contributed by atoms with Crippen LogP contribution in [-0.4, -0.2) is 24.4 Å². The molecule has 0 bridgehead atoms. The quantitative estimate of drug-likeness (QED) is 0.468. The highest BCUT2D eigenvalue weighted by molar-refractivity contribution is 9.10. The number of benzene rings is 1. The molecule has 0 saturated carbocycles. The molecule has 1 amide bonds. The van der Waals surface area contributed by atoms with Gasteiger partial charge in [-0.1, -0.05) is 28.1 Å². The number of halogens is 1. The Morgan fingerprint density at radius 3 is 2.86 bits per heavy atom. The van der Waals surface area contributed by atoms with Crippen LogP contribution in [0.1, 0.15) is 20.8 Å². The van der Waals surface area contributed by atoms with E-state index in [9.17, 15) is 4.79 Å². The molecule has 0 saturated heterocycles. The van der Waals surface area contributed by atoms with Crippen LogP contribution in [0.5, 0.6) is 0 Å². The Hall–Kier alpha value is -1.21. The lowest BCUT2D eigenvalue weighted by Crippen LogP contribution is -2.30. The first-order valence-corrected chi connectivity index (χ1v) is 8.27. The van der Waals surface area contributed by atoms with Crippen LogP contribution in [0.25, 0.3) is 0 Å².